The molecule has 2 amide bonds. The molecule has 3 nitrogen and oxygen atoms in total. The van der Waals surface area contributed by atoms with Gasteiger partial charge in [-0.3, -0.25) is 4.31 Å². The van der Waals surface area contributed by atoms with Crippen molar-refractivity contribution in [1.29, 1.82) is 0 Å². The molecule has 0 saturated carbocycles. The maximum Gasteiger partial charge on any atom is 0.327 e. The van der Waals surface area contributed by atoms with Gasteiger partial charge in [-0.2, -0.15) is 0 Å². The molecule has 0 aliphatic rings. The minimum absolute atomic E-state index is 0.0335. The molecule has 0 bridgehead atoms. The van der Waals surface area contributed by atoms with Gasteiger partial charge < -0.3 is 5.32 Å². The highest BCUT2D eigenvalue weighted by molar-refractivity contribution is 7.96. The van der Waals surface area contributed by atoms with Gasteiger partial charge in [0.25, 0.3) is 0 Å². The largest absolute Gasteiger partial charge is 0.338 e. The average Bonchev–Trinajstić information content (AvgIpc) is 2.27. The highest BCUT2D eigenvalue weighted by Gasteiger charge is 2.11. The molecular formula is C11H16N2OS. The first-order chi connectivity index (χ1) is 7.27. The van der Waals surface area contributed by atoms with E-state index in [4.69, 9.17) is 0 Å². The second kappa shape index (κ2) is 6.35. The lowest BCUT2D eigenvalue weighted by Gasteiger charge is -2.19. The molecule has 0 saturated heterocycles. The van der Waals surface area contributed by atoms with Crippen LogP contribution in [-0.4, -0.2) is 23.1 Å². The lowest BCUT2D eigenvalue weighted by molar-refractivity contribution is 0.225. The van der Waals surface area contributed by atoms with Crippen molar-refractivity contribution in [3.63, 3.8) is 0 Å². The first kappa shape index (κ1) is 11.9. The van der Waals surface area contributed by atoms with E-state index < -0.39 is 0 Å². The molecule has 1 aromatic carbocycles. The highest BCUT2D eigenvalue weighted by Crippen LogP contribution is 2.11. The Kier molecular flexibility index (Phi) is 5.04. The van der Waals surface area contributed by atoms with Crippen molar-refractivity contribution in [2.75, 3.05) is 12.8 Å². The fourth-order valence-corrected chi connectivity index (χ4v) is 1.72. The zero-order chi connectivity index (χ0) is 11.1. The predicted octanol–water partition coefficient (Wildman–Crippen LogP) is 2.50. The second-order valence-electron chi connectivity index (χ2n) is 3.04. The number of urea groups is 1. The number of rotatable bonds is 4. The zero-order valence-corrected chi connectivity index (χ0v) is 9.88. The molecule has 0 spiro atoms. The first-order valence-corrected chi connectivity index (χ1v) is 6.09. The first-order valence-electron chi connectivity index (χ1n) is 4.91. The summed E-state index contributed by atoms with van der Waals surface area (Å²) < 4.78 is 1.71. The minimum Gasteiger partial charge on any atom is -0.338 e. The summed E-state index contributed by atoms with van der Waals surface area (Å²) in [6.45, 7) is 3.21. The van der Waals surface area contributed by atoms with E-state index in [1.165, 1.54) is 11.9 Å². The summed E-state index contributed by atoms with van der Waals surface area (Å²) in [4.78, 5) is 11.6. The SMILES string of the molecule is CCNC(=O)N(Cc1ccccc1)SC. The van der Waals surface area contributed by atoms with Gasteiger partial charge >= 0.3 is 6.03 Å². The summed E-state index contributed by atoms with van der Waals surface area (Å²) in [7, 11) is 0. The summed E-state index contributed by atoms with van der Waals surface area (Å²) >= 11 is 1.43. The van der Waals surface area contributed by atoms with Crippen molar-refractivity contribution in [2.24, 2.45) is 0 Å². The van der Waals surface area contributed by atoms with Crippen LogP contribution in [0.15, 0.2) is 30.3 Å². The van der Waals surface area contributed by atoms with Crippen molar-refractivity contribution in [3.8, 4) is 0 Å². The number of benzene rings is 1. The van der Waals surface area contributed by atoms with Crippen LogP contribution in [0.4, 0.5) is 4.79 Å². The van der Waals surface area contributed by atoms with E-state index in [-0.39, 0.29) is 6.03 Å². The fourth-order valence-electron chi connectivity index (χ4n) is 1.21. The molecule has 0 fully saturated rings. The average molecular weight is 224 g/mol. The van der Waals surface area contributed by atoms with E-state index >= 15 is 0 Å². The third-order valence-corrected chi connectivity index (χ3v) is 2.68. The number of carbonyl (C=O) groups is 1. The maximum atomic E-state index is 11.6. The molecule has 1 rings (SSSR count). The molecule has 1 aromatic rings. The normalized spacial score (nSPS) is 9.73. The number of nitrogens with one attached hydrogen (secondary N) is 1. The van der Waals surface area contributed by atoms with Crippen LogP contribution in [0.5, 0.6) is 0 Å². The summed E-state index contributed by atoms with van der Waals surface area (Å²) in [5.74, 6) is 0. The molecule has 0 atom stereocenters. The van der Waals surface area contributed by atoms with Gasteiger partial charge in [0.2, 0.25) is 0 Å². The summed E-state index contributed by atoms with van der Waals surface area (Å²) in [6.07, 6.45) is 1.90. The Labute approximate surface area is 95.0 Å². The van der Waals surface area contributed by atoms with Crippen molar-refractivity contribution in [1.82, 2.24) is 9.62 Å². The van der Waals surface area contributed by atoms with Gasteiger partial charge in [-0.15, -0.1) is 0 Å². The monoisotopic (exact) mass is 224 g/mol. The lowest BCUT2D eigenvalue weighted by atomic mass is 10.2. The van der Waals surface area contributed by atoms with Gasteiger partial charge in [0.05, 0.1) is 6.54 Å². The van der Waals surface area contributed by atoms with Gasteiger partial charge in [0.15, 0.2) is 0 Å². The van der Waals surface area contributed by atoms with Crippen molar-refractivity contribution >= 4 is 18.0 Å². The van der Waals surface area contributed by atoms with E-state index in [0.29, 0.717) is 13.1 Å². The number of amides is 2. The van der Waals surface area contributed by atoms with Gasteiger partial charge in [0.1, 0.15) is 0 Å². The Hall–Kier alpha value is -1.16. The molecule has 15 heavy (non-hydrogen) atoms. The molecule has 4 heteroatoms. The highest BCUT2D eigenvalue weighted by atomic mass is 32.2. The van der Waals surface area contributed by atoms with Crippen LogP contribution < -0.4 is 5.32 Å². The quantitative estimate of drug-likeness (QED) is 0.797. The van der Waals surface area contributed by atoms with Crippen LogP contribution >= 0.6 is 11.9 Å². The minimum atomic E-state index is -0.0335. The summed E-state index contributed by atoms with van der Waals surface area (Å²) in [5.41, 5.74) is 1.14. The third-order valence-electron chi connectivity index (χ3n) is 1.94. The fraction of sp³-hybridized carbons (Fsp3) is 0.364. The lowest BCUT2D eigenvalue weighted by Crippen LogP contribution is -2.34. The molecule has 0 aliphatic heterocycles. The number of hydrogen-bond acceptors (Lipinski definition) is 2. The van der Waals surface area contributed by atoms with Gasteiger partial charge in [-0.05, 0) is 24.4 Å². The third kappa shape index (κ3) is 3.83. The summed E-state index contributed by atoms with van der Waals surface area (Å²) in [5, 5.41) is 2.78. The van der Waals surface area contributed by atoms with E-state index in [0.717, 1.165) is 5.56 Å². The van der Waals surface area contributed by atoms with Gasteiger partial charge in [-0.1, -0.05) is 30.3 Å². The zero-order valence-electron chi connectivity index (χ0n) is 9.06. The van der Waals surface area contributed by atoms with Gasteiger partial charge in [-0.25, -0.2) is 4.79 Å². The Morgan fingerprint density at radius 3 is 2.60 bits per heavy atom. The molecule has 82 valence electrons. The molecule has 1 N–H and O–H groups in total. The van der Waals surface area contributed by atoms with Crippen LogP contribution in [-0.2, 0) is 6.54 Å². The molecule has 0 aliphatic carbocycles. The number of nitrogens with zero attached hydrogens (tertiary/aromatic N) is 1. The van der Waals surface area contributed by atoms with Gasteiger partial charge in [0, 0.05) is 12.8 Å². The molecule has 0 heterocycles. The van der Waals surface area contributed by atoms with Crippen molar-refractivity contribution in [3.05, 3.63) is 35.9 Å². The Bertz CT molecular complexity index is 303. The van der Waals surface area contributed by atoms with E-state index in [2.05, 4.69) is 5.32 Å². The maximum absolute atomic E-state index is 11.6. The van der Waals surface area contributed by atoms with E-state index in [9.17, 15) is 4.79 Å². The topological polar surface area (TPSA) is 32.3 Å². The van der Waals surface area contributed by atoms with Crippen molar-refractivity contribution in [2.45, 2.75) is 13.5 Å². The molecular weight excluding hydrogens is 208 g/mol. The summed E-state index contributed by atoms with van der Waals surface area (Å²) in [6, 6.07) is 9.93. The van der Waals surface area contributed by atoms with Crippen LogP contribution in [0.2, 0.25) is 0 Å². The number of carbonyl (C=O) groups excluding carboxylic acids is 1. The van der Waals surface area contributed by atoms with Crippen LogP contribution in [0.25, 0.3) is 0 Å². The smallest absolute Gasteiger partial charge is 0.327 e. The van der Waals surface area contributed by atoms with E-state index in [1.54, 1.807) is 4.31 Å². The molecule has 0 unspecified atom stereocenters. The number of hydrogen-bond donors (Lipinski definition) is 1. The van der Waals surface area contributed by atoms with Crippen molar-refractivity contribution < 1.29 is 4.79 Å². The molecule has 0 aromatic heterocycles. The standard InChI is InChI=1S/C11H16N2OS/c1-3-12-11(14)13(15-2)9-10-7-5-4-6-8-10/h4-8H,3,9H2,1-2H3,(H,12,14). The van der Waals surface area contributed by atoms with E-state index in [1.807, 2.05) is 43.5 Å². The predicted molar refractivity (Wildman–Crippen MR) is 64.6 cm³/mol. The molecule has 0 radical (unpaired) electrons. The Morgan fingerprint density at radius 2 is 2.07 bits per heavy atom. The van der Waals surface area contributed by atoms with Crippen LogP contribution in [0.3, 0.4) is 0 Å². The Balaban J connectivity index is 2.58. The van der Waals surface area contributed by atoms with Crippen LogP contribution in [0.1, 0.15) is 12.5 Å². The second-order valence-corrected chi connectivity index (χ2v) is 3.85. The van der Waals surface area contributed by atoms with Crippen LogP contribution in [0, 0.1) is 0 Å². The Morgan fingerprint density at radius 1 is 1.40 bits per heavy atom.